The maximum absolute atomic E-state index is 13.4. The van der Waals surface area contributed by atoms with E-state index < -0.39 is 66.0 Å². The molecule has 0 saturated carbocycles. The first-order valence-electron chi connectivity index (χ1n) is 10.4. The zero-order chi connectivity index (χ0) is 27.8. The normalized spacial score (nSPS) is 14.5. The highest BCUT2D eigenvalue weighted by molar-refractivity contribution is 5.95. The Morgan fingerprint density at radius 1 is 0.892 bits per heavy atom. The third-order valence-corrected chi connectivity index (χ3v) is 5.37. The summed E-state index contributed by atoms with van der Waals surface area (Å²) in [7, 11) is 0.879. The Labute approximate surface area is 203 Å². The molecule has 1 heterocycles. The standard InChI is InChI=1S/C22H18F9N3O3/c1-37-19(36)33(10-12-6-15(21(26,27)28)9-16(7-12)22(29,30)31)11-13-8-14(20(23,24)25)2-3-17(13)34-5-4-32-18(34)35/h2-3,6-9H,4-5,10-11H2,1H3,(H,32,35). The number of alkyl halides is 9. The Hall–Kier alpha value is -3.65. The van der Waals surface area contributed by atoms with E-state index in [9.17, 15) is 49.1 Å². The Kier molecular flexibility index (Phi) is 7.56. The lowest BCUT2D eigenvalue weighted by Crippen LogP contribution is -2.33. The number of urea groups is 1. The van der Waals surface area contributed by atoms with E-state index in [2.05, 4.69) is 10.1 Å². The van der Waals surface area contributed by atoms with Gasteiger partial charge in [-0.15, -0.1) is 0 Å². The molecule has 2 aromatic rings. The van der Waals surface area contributed by atoms with Crippen LogP contribution in [-0.2, 0) is 36.4 Å². The molecule has 1 saturated heterocycles. The van der Waals surface area contributed by atoms with E-state index in [-0.39, 0.29) is 30.4 Å². The largest absolute Gasteiger partial charge is 0.453 e. The molecule has 1 fully saturated rings. The average molecular weight is 543 g/mol. The van der Waals surface area contributed by atoms with Gasteiger partial charge < -0.3 is 10.1 Å². The van der Waals surface area contributed by atoms with Crippen molar-refractivity contribution in [2.75, 3.05) is 25.1 Å². The van der Waals surface area contributed by atoms with Gasteiger partial charge in [-0.3, -0.25) is 9.80 Å². The summed E-state index contributed by atoms with van der Waals surface area (Å²) in [5.74, 6) is 0. The molecule has 6 nitrogen and oxygen atoms in total. The van der Waals surface area contributed by atoms with Crippen molar-refractivity contribution in [2.45, 2.75) is 31.6 Å². The second-order valence-electron chi connectivity index (χ2n) is 7.97. The quantitative estimate of drug-likeness (QED) is 0.468. The molecule has 0 unspecified atom stereocenters. The molecule has 3 amide bonds. The van der Waals surface area contributed by atoms with Crippen molar-refractivity contribution in [3.8, 4) is 0 Å². The van der Waals surface area contributed by atoms with Crippen LogP contribution in [0.2, 0.25) is 0 Å². The average Bonchev–Trinajstić information content (AvgIpc) is 3.21. The highest BCUT2D eigenvalue weighted by Crippen LogP contribution is 2.37. The van der Waals surface area contributed by atoms with E-state index in [0.29, 0.717) is 29.2 Å². The minimum atomic E-state index is -5.15. The molecule has 3 rings (SSSR count). The van der Waals surface area contributed by atoms with Gasteiger partial charge in [0.2, 0.25) is 0 Å². The summed E-state index contributed by atoms with van der Waals surface area (Å²) in [6.45, 7) is -1.36. The van der Waals surface area contributed by atoms with Crippen LogP contribution in [0.25, 0.3) is 0 Å². The van der Waals surface area contributed by atoms with Crippen LogP contribution in [0.4, 0.5) is 54.8 Å². The summed E-state index contributed by atoms with van der Waals surface area (Å²) >= 11 is 0. The van der Waals surface area contributed by atoms with Gasteiger partial charge in [0, 0.05) is 19.6 Å². The van der Waals surface area contributed by atoms with Gasteiger partial charge in [0.1, 0.15) is 0 Å². The Balaban J connectivity index is 2.07. The van der Waals surface area contributed by atoms with Crippen molar-refractivity contribution >= 4 is 17.8 Å². The van der Waals surface area contributed by atoms with Gasteiger partial charge in [0.25, 0.3) is 0 Å². The number of hydrogen-bond acceptors (Lipinski definition) is 3. The number of anilines is 1. The van der Waals surface area contributed by atoms with E-state index >= 15 is 0 Å². The lowest BCUT2D eigenvalue weighted by atomic mass is 10.0. The van der Waals surface area contributed by atoms with E-state index in [1.54, 1.807) is 0 Å². The summed E-state index contributed by atoms with van der Waals surface area (Å²) in [4.78, 5) is 26.2. The first kappa shape index (κ1) is 27.9. The SMILES string of the molecule is COC(=O)N(Cc1cc(C(F)(F)F)cc(C(F)(F)F)c1)Cc1cc(C(F)(F)F)ccc1N1CCNC1=O. The lowest BCUT2D eigenvalue weighted by Gasteiger charge is -2.26. The van der Waals surface area contributed by atoms with Crippen LogP contribution in [0, 0.1) is 0 Å². The van der Waals surface area contributed by atoms with Gasteiger partial charge in [0.15, 0.2) is 0 Å². The molecule has 15 heteroatoms. The number of amides is 3. The second kappa shape index (κ2) is 10.0. The molecule has 1 N–H and O–H groups in total. The Morgan fingerprint density at radius 3 is 1.92 bits per heavy atom. The fourth-order valence-electron chi connectivity index (χ4n) is 3.70. The summed E-state index contributed by atoms with van der Waals surface area (Å²) in [5.41, 5.74) is -5.27. The molecule has 2 aromatic carbocycles. The first-order valence-corrected chi connectivity index (χ1v) is 10.4. The molecule has 0 spiro atoms. The third kappa shape index (κ3) is 6.57. The van der Waals surface area contributed by atoms with E-state index in [4.69, 9.17) is 0 Å². The molecule has 1 aliphatic heterocycles. The molecule has 0 aliphatic carbocycles. The van der Waals surface area contributed by atoms with Crippen LogP contribution in [0.3, 0.4) is 0 Å². The molecule has 0 bridgehead atoms. The number of carbonyl (C=O) groups excluding carboxylic acids is 2. The number of nitrogens with zero attached hydrogens (tertiary/aromatic N) is 2. The van der Waals surface area contributed by atoms with Crippen LogP contribution in [0.5, 0.6) is 0 Å². The maximum atomic E-state index is 13.4. The van der Waals surface area contributed by atoms with Crippen LogP contribution in [-0.4, -0.2) is 37.2 Å². The molecule has 1 aliphatic rings. The number of nitrogens with one attached hydrogen (secondary N) is 1. The molecule has 37 heavy (non-hydrogen) atoms. The molecular formula is C22H18F9N3O3. The zero-order valence-corrected chi connectivity index (χ0v) is 18.8. The van der Waals surface area contributed by atoms with Crippen LogP contribution < -0.4 is 10.2 Å². The van der Waals surface area contributed by atoms with Crippen molar-refractivity contribution in [2.24, 2.45) is 0 Å². The predicted octanol–water partition coefficient (Wildman–Crippen LogP) is 6.04. The summed E-state index contributed by atoms with van der Waals surface area (Å²) in [6, 6.07) is 2.39. The Bertz CT molecular complexity index is 1140. The van der Waals surface area contributed by atoms with Crippen molar-refractivity contribution in [1.82, 2.24) is 10.2 Å². The minimum absolute atomic E-state index is 0.0306. The summed E-state index contributed by atoms with van der Waals surface area (Å²) < 4.78 is 124. The van der Waals surface area contributed by atoms with Gasteiger partial charge in [0.05, 0.1) is 36.0 Å². The van der Waals surface area contributed by atoms with Crippen LogP contribution >= 0.6 is 0 Å². The van der Waals surface area contributed by atoms with Gasteiger partial charge in [-0.1, -0.05) is 0 Å². The van der Waals surface area contributed by atoms with Gasteiger partial charge in [-0.25, -0.2) is 9.59 Å². The minimum Gasteiger partial charge on any atom is -0.453 e. The van der Waals surface area contributed by atoms with Gasteiger partial charge >= 0.3 is 30.7 Å². The highest BCUT2D eigenvalue weighted by Gasteiger charge is 2.37. The number of methoxy groups -OCH3 is 1. The smallest absolute Gasteiger partial charge is 0.416 e. The zero-order valence-electron chi connectivity index (χ0n) is 18.8. The van der Waals surface area contributed by atoms with Crippen molar-refractivity contribution in [3.63, 3.8) is 0 Å². The maximum Gasteiger partial charge on any atom is 0.416 e. The Morgan fingerprint density at radius 2 is 1.46 bits per heavy atom. The molecule has 0 aromatic heterocycles. The van der Waals surface area contributed by atoms with Crippen molar-refractivity contribution < 1.29 is 53.8 Å². The first-order chi connectivity index (χ1) is 17.0. The van der Waals surface area contributed by atoms with Gasteiger partial charge in [-0.2, -0.15) is 39.5 Å². The fraction of sp³-hybridized carbons (Fsp3) is 0.364. The van der Waals surface area contributed by atoms with Crippen LogP contribution in [0.15, 0.2) is 36.4 Å². The monoisotopic (exact) mass is 543 g/mol. The van der Waals surface area contributed by atoms with E-state index in [1.165, 1.54) is 0 Å². The number of rotatable bonds is 5. The third-order valence-electron chi connectivity index (χ3n) is 5.37. The van der Waals surface area contributed by atoms with Crippen LogP contribution in [0.1, 0.15) is 27.8 Å². The summed E-state index contributed by atoms with van der Waals surface area (Å²) in [6.07, 6.45) is -16.4. The predicted molar refractivity (Wildman–Crippen MR) is 110 cm³/mol. The molecular weight excluding hydrogens is 525 g/mol. The van der Waals surface area contributed by atoms with Crippen molar-refractivity contribution in [1.29, 1.82) is 0 Å². The second-order valence-corrected chi connectivity index (χ2v) is 7.97. The highest BCUT2D eigenvalue weighted by atomic mass is 19.4. The fourth-order valence-corrected chi connectivity index (χ4v) is 3.70. The number of hydrogen-bond donors (Lipinski definition) is 1. The van der Waals surface area contributed by atoms with Gasteiger partial charge in [-0.05, 0) is 47.5 Å². The number of carbonyl (C=O) groups is 2. The molecule has 0 radical (unpaired) electrons. The van der Waals surface area contributed by atoms with Crippen molar-refractivity contribution in [3.05, 3.63) is 64.2 Å². The topological polar surface area (TPSA) is 61.9 Å². The molecule has 202 valence electrons. The number of halogens is 9. The number of benzene rings is 2. The number of ether oxygens (including phenoxy) is 1. The van der Waals surface area contributed by atoms with E-state index in [0.717, 1.165) is 18.1 Å². The lowest BCUT2D eigenvalue weighted by molar-refractivity contribution is -0.143. The summed E-state index contributed by atoms with van der Waals surface area (Å²) in [5, 5.41) is 2.45. The molecule has 0 atom stereocenters. The van der Waals surface area contributed by atoms with E-state index in [1.807, 2.05) is 0 Å².